The Bertz CT molecular complexity index is 600. The Hall–Kier alpha value is -2.16. The maximum absolute atomic E-state index is 11.6. The van der Waals surface area contributed by atoms with Gasteiger partial charge in [0.15, 0.2) is 0 Å². The molecule has 0 unspecified atom stereocenters. The van der Waals surface area contributed by atoms with E-state index in [4.69, 9.17) is 0 Å². The summed E-state index contributed by atoms with van der Waals surface area (Å²) in [6.07, 6.45) is 6.00. The summed E-state index contributed by atoms with van der Waals surface area (Å²) >= 11 is 0. The molecule has 1 saturated carbocycles. The molecule has 1 aliphatic carbocycles. The lowest BCUT2D eigenvalue weighted by Gasteiger charge is -2.05. The van der Waals surface area contributed by atoms with Crippen LogP contribution in [0, 0.1) is 0 Å². The Morgan fingerprint density at radius 3 is 2.53 bits per heavy atom. The second-order valence-electron chi connectivity index (χ2n) is 4.94. The Morgan fingerprint density at radius 2 is 1.89 bits per heavy atom. The van der Waals surface area contributed by atoms with Crippen LogP contribution in [0.2, 0.25) is 0 Å². The molecule has 0 spiro atoms. The van der Waals surface area contributed by atoms with Crippen LogP contribution in [0.15, 0.2) is 42.7 Å². The number of hydrogen-bond donors (Lipinski definition) is 1. The molecule has 1 N–H and O–H groups in total. The number of carbonyl (C=O) groups excluding carboxylic acids is 1. The number of aromatic nitrogens is 1. The van der Waals surface area contributed by atoms with E-state index < -0.39 is 0 Å². The number of nitrogens with zero attached hydrogens (tertiary/aromatic N) is 1. The molecule has 1 heterocycles. The van der Waals surface area contributed by atoms with Crippen LogP contribution in [-0.2, 0) is 0 Å². The first kappa shape index (κ1) is 11.9. The number of hydrogen-bond acceptors (Lipinski definition) is 2. The van der Waals surface area contributed by atoms with Crippen LogP contribution in [0.25, 0.3) is 11.1 Å². The zero-order chi connectivity index (χ0) is 13.2. The van der Waals surface area contributed by atoms with Gasteiger partial charge in [-0.05, 0) is 36.0 Å². The molecule has 19 heavy (non-hydrogen) atoms. The SMILES string of the molecule is CNC(=O)c1cncc(-c2ccc(C3CC3)cc2)c1. The molecule has 96 valence electrons. The number of amides is 1. The van der Waals surface area contributed by atoms with Crippen LogP contribution >= 0.6 is 0 Å². The second kappa shape index (κ2) is 4.84. The molecule has 3 heteroatoms. The molecule has 3 rings (SSSR count). The Labute approximate surface area is 112 Å². The molecule has 1 aromatic heterocycles. The van der Waals surface area contributed by atoms with Crippen LogP contribution in [0.3, 0.4) is 0 Å². The highest BCUT2D eigenvalue weighted by molar-refractivity contribution is 5.94. The minimum atomic E-state index is -0.107. The summed E-state index contributed by atoms with van der Waals surface area (Å²) in [6, 6.07) is 10.5. The van der Waals surface area contributed by atoms with Gasteiger partial charge in [-0.15, -0.1) is 0 Å². The third kappa shape index (κ3) is 2.50. The molecular formula is C16H16N2O. The highest BCUT2D eigenvalue weighted by Gasteiger charge is 2.22. The molecule has 0 bridgehead atoms. The molecule has 1 aliphatic rings. The van der Waals surface area contributed by atoms with E-state index in [0.29, 0.717) is 5.56 Å². The smallest absolute Gasteiger partial charge is 0.252 e. The fraction of sp³-hybridized carbons (Fsp3) is 0.250. The van der Waals surface area contributed by atoms with Crippen molar-refractivity contribution in [1.82, 2.24) is 10.3 Å². The Kier molecular flexibility index (Phi) is 3.03. The quantitative estimate of drug-likeness (QED) is 0.912. The van der Waals surface area contributed by atoms with Crippen molar-refractivity contribution < 1.29 is 4.79 Å². The van der Waals surface area contributed by atoms with Crippen LogP contribution < -0.4 is 5.32 Å². The van der Waals surface area contributed by atoms with Gasteiger partial charge in [-0.25, -0.2) is 0 Å². The molecule has 0 aliphatic heterocycles. The molecular weight excluding hydrogens is 236 g/mol. The average Bonchev–Trinajstić information content (AvgIpc) is 3.31. The zero-order valence-corrected chi connectivity index (χ0v) is 10.9. The standard InChI is InChI=1S/C16H16N2O/c1-17-16(19)15-8-14(9-18-10-15)13-6-4-12(5-7-13)11-2-3-11/h4-11H,2-3H2,1H3,(H,17,19). The predicted molar refractivity (Wildman–Crippen MR) is 75.0 cm³/mol. The fourth-order valence-electron chi connectivity index (χ4n) is 2.23. The van der Waals surface area contributed by atoms with Gasteiger partial charge in [0.2, 0.25) is 0 Å². The predicted octanol–water partition coefficient (Wildman–Crippen LogP) is 2.99. The van der Waals surface area contributed by atoms with Gasteiger partial charge in [0.1, 0.15) is 0 Å². The van der Waals surface area contributed by atoms with E-state index >= 15 is 0 Å². The molecule has 0 saturated heterocycles. The summed E-state index contributed by atoms with van der Waals surface area (Å²) in [4.78, 5) is 15.7. The first-order chi connectivity index (χ1) is 9.28. The van der Waals surface area contributed by atoms with Crippen molar-refractivity contribution in [2.24, 2.45) is 0 Å². The van der Waals surface area contributed by atoms with Crippen molar-refractivity contribution in [1.29, 1.82) is 0 Å². The monoisotopic (exact) mass is 252 g/mol. The first-order valence-corrected chi connectivity index (χ1v) is 6.55. The minimum absolute atomic E-state index is 0.107. The van der Waals surface area contributed by atoms with E-state index in [0.717, 1.165) is 17.0 Å². The lowest BCUT2D eigenvalue weighted by molar-refractivity contribution is 0.0963. The number of nitrogens with one attached hydrogen (secondary N) is 1. The van der Waals surface area contributed by atoms with Gasteiger partial charge >= 0.3 is 0 Å². The molecule has 2 aromatic rings. The van der Waals surface area contributed by atoms with E-state index in [1.54, 1.807) is 19.4 Å². The Balaban J connectivity index is 1.90. The number of carbonyl (C=O) groups is 1. The highest BCUT2D eigenvalue weighted by atomic mass is 16.1. The third-order valence-electron chi connectivity index (χ3n) is 3.52. The number of rotatable bonds is 3. The summed E-state index contributed by atoms with van der Waals surface area (Å²) in [7, 11) is 1.62. The maximum atomic E-state index is 11.6. The van der Waals surface area contributed by atoms with Crippen LogP contribution in [0.5, 0.6) is 0 Å². The summed E-state index contributed by atoms with van der Waals surface area (Å²) in [5.41, 5.74) is 4.08. The van der Waals surface area contributed by atoms with Gasteiger partial charge in [0.25, 0.3) is 5.91 Å². The van der Waals surface area contributed by atoms with Gasteiger partial charge in [0.05, 0.1) is 5.56 Å². The first-order valence-electron chi connectivity index (χ1n) is 6.55. The van der Waals surface area contributed by atoms with E-state index in [1.165, 1.54) is 18.4 Å². The largest absolute Gasteiger partial charge is 0.355 e. The van der Waals surface area contributed by atoms with Crippen LogP contribution in [-0.4, -0.2) is 17.9 Å². The average molecular weight is 252 g/mol. The van der Waals surface area contributed by atoms with E-state index in [9.17, 15) is 4.79 Å². The van der Waals surface area contributed by atoms with Crippen LogP contribution in [0.1, 0.15) is 34.7 Å². The van der Waals surface area contributed by atoms with Crippen molar-refractivity contribution in [3.8, 4) is 11.1 Å². The van der Waals surface area contributed by atoms with Gasteiger partial charge in [-0.3, -0.25) is 9.78 Å². The molecule has 0 radical (unpaired) electrons. The zero-order valence-electron chi connectivity index (χ0n) is 10.9. The van der Waals surface area contributed by atoms with Crippen molar-refractivity contribution >= 4 is 5.91 Å². The number of pyridine rings is 1. The van der Waals surface area contributed by atoms with E-state index in [2.05, 4.69) is 34.6 Å². The van der Waals surface area contributed by atoms with Crippen molar-refractivity contribution in [2.45, 2.75) is 18.8 Å². The van der Waals surface area contributed by atoms with Crippen LogP contribution in [0.4, 0.5) is 0 Å². The normalized spacial score (nSPS) is 14.2. The number of benzene rings is 1. The van der Waals surface area contributed by atoms with Crippen molar-refractivity contribution in [2.75, 3.05) is 7.05 Å². The summed E-state index contributed by atoms with van der Waals surface area (Å²) in [5, 5.41) is 2.61. The Morgan fingerprint density at radius 1 is 1.16 bits per heavy atom. The van der Waals surface area contributed by atoms with E-state index in [1.807, 2.05) is 6.07 Å². The van der Waals surface area contributed by atoms with Gasteiger partial charge in [0, 0.05) is 25.0 Å². The van der Waals surface area contributed by atoms with Crippen molar-refractivity contribution in [3.63, 3.8) is 0 Å². The topological polar surface area (TPSA) is 42.0 Å². The highest BCUT2D eigenvalue weighted by Crippen LogP contribution is 2.40. The van der Waals surface area contributed by atoms with Gasteiger partial charge in [-0.1, -0.05) is 24.3 Å². The molecule has 1 fully saturated rings. The molecule has 0 atom stereocenters. The summed E-state index contributed by atoms with van der Waals surface area (Å²) < 4.78 is 0. The molecule has 1 amide bonds. The lowest BCUT2D eigenvalue weighted by atomic mass is 10.0. The second-order valence-corrected chi connectivity index (χ2v) is 4.94. The maximum Gasteiger partial charge on any atom is 0.252 e. The van der Waals surface area contributed by atoms with Gasteiger partial charge < -0.3 is 5.32 Å². The third-order valence-corrected chi connectivity index (χ3v) is 3.52. The summed E-state index contributed by atoms with van der Waals surface area (Å²) in [6.45, 7) is 0. The summed E-state index contributed by atoms with van der Waals surface area (Å²) in [5.74, 6) is 0.660. The molecule has 3 nitrogen and oxygen atoms in total. The van der Waals surface area contributed by atoms with Gasteiger partial charge in [-0.2, -0.15) is 0 Å². The fourth-order valence-corrected chi connectivity index (χ4v) is 2.23. The minimum Gasteiger partial charge on any atom is -0.355 e. The molecule has 1 aromatic carbocycles. The van der Waals surface area contributed by atoms with E-state index in [-0.39, 0.29) is 5.91 Å². The van der Waals surface area contributed by atoms with Crippen molar-refractivity contribution in [3.05, 3.63) is 53.9 Å². The lowest BCUT2D eigenvalue weighted by Crippen LogP contribution is -2.17.